The molecule has 0 spiro atoms. The molecule has 0 radical (unpaired) electrons. The highest BCUT2D eigenvalue weighted by molar-refractivity contribution is 7.92. The van der Waals surface area contributed by atoms with E-state index < -0.39 is 16.1 Å². The van der Waals surface area contributed by atoms with Gasteiger partial charge in [-0.25, -0.2) is 13.2 Å². The van der Waals surface area contributed by atoms with E-state index in [-0.39, 0.29) is 23.8 Å². The SMILES string of the molecule is CC(C)NC(=O)O[C@H](C)C[C@H](C)c1cc(Nc2cccc3c2CCS(=O)(=O)N3)n[nH]1. The second-order valence-electron chi connectivity index (χ2n) is 7.99. The van der Waals surface area contributed by atoms with Crippen molar-refractivity contribution in [3.63, 3.8) is 0 Å². The smallest absolute Gasteiger partial charge is 0.407 e. The summed E-state index contributed by atoms with van der Waals surface area (Å²) in [6, 6.07) is 7.40. The molecule has 30 heavy (non-hydrogen) atoms. The van der Waals surface area contributed by atoms with Gasteiger partial charge in [-0.2, -0.15) is 5.10 Å². The molecule has 3 rings (SSSR count). The summed E-state index contributed by atoms with van der Waals surface area (Å²) in [7, 11) is -3.26. The summed E-state index contributed by atoms with van der Waals surface area (Å²) in [5.41, 5.74) is 3.26. The summed E-state index contributed by atoms with van der Waals surface area (Å²) in [6.45, 7) is 7.67. The first-order valence-electron chi connectivity index (χ1n) is 10.0. The van der Waals surface area contributed by atoms with E-state index in [9.17, 15) is 13.2 Å². The number of hydrogen-bond donors (Lipinski definition) is 4. The van der Waals surface area contributed by atoms with Crippen LogP contribution in [0.4, 0.5) is 22.0 Å². The van der Waals surface area contributed by atoms with Gasteiger partial charge in [-0.3, -0.25) is 9.82 Å². The molecular weight excluding hydrogens is 406 g/mol. The maximum Gasteiger partial charge on any atom is 0.407 e. The van der Waals surface area contributed by atoms with Crippen molar-refractivity contribution in [2.24, 2.45) is 0 Å². The number of anilines is 3. The second-order valence-corrected chi connectivity index (χ2v) is 9.83. The van der Waals surface area contributed by atoms with Crippen LogP contribution in [0.3, 0.4) is 0 Å². The van der Waals surface area contributed by atoms with E-state index in [0.29, 0.717) is 24.3 Å². The lowest BCUT2D eigenvalue weighted by molar-refractivity contribution is 0.0968. The van der Waals surface area contributed by atoms with E-state index in [1.54, 1.807) is 12.1 Å². The predicted molar refractivity (Wildman–Crippen MR) is 117 cm³/mol. The molecule has 0 unspecified atom stereocenters. The van der Waals surface area contributed by atoms with Gasteiger partial charge in [0.2, 0.25) is 10.0 Å². The number of amides is 1. The predicted octanol–water partition coefficient (Wildman–Crippen LogP) is 3.47. The summed E-state index contributed by atoms with van der Waals surface area (Å²) < 4.78 is 31.5. The molecule has 2 aromatic rings. The standard InChI is InChI=1S/C20H29N5O4S/c1-12(2)21-20(26)29-14(4)10-13(3)18-11-19(24-23-18)22-16-6-5-7-17-15(16)8-9-30(27,28)25-17/h5-7,11-14,25H,8-10H2,1-4H3,(H,21,26)(H2,22,23,24)/t13-,14+/m0/s1. The molecule has 1 aliphatic rings. The van der Waals surface area contributed by atoms with Gasteiger partial charge in [0, 0.05) is 35.0 Å². The van der Waals surface area contributed by atoms with Crippen molar-refractivity contribution in [1.82, 2.24) is 15.5 Å². The number of nitrogens with zero attached hydrogens (tertiary/aromatic N) is 1. The number of sulfonamides is 1. The minimum absolute atomic E-state index is 0.0300. The number of fused-ring (bicyclic) bond motifs is 1. The minimum atomic E-state index is -3.26. The van der Waals surface area contributed by atoms with Crippen LogP contribution in [0, 0.1) is 0 Å². The van der Waals surface area contributed by atoms with Crippen molar-refractivity contribution in [2.75, 3.05) is 15.8 Å². The van der Waals surface area contributed by atoms with Crippen molar-refractivity contribution in [2.45, 2.75) is 58.6 Å². The summed E-state index contributed by atoms with van der Waals surface area (Å²) >= 11 is 0. The summed E-state index contributed by atoms with van der Waals surface area (Å²) in [4.78, 5) is 11.7. The molecule has 0 saturated carbocycles. The van der Waals surface area contributed by atoms with Gasteiger partial charge < -0.3 is 15.4 Å². The Morgan fingerprint density at radius 3 is 2.77 bits per heavy atom. The van der Waals surface area contributed by atoms with Crippen molar-refractivity contribution < 1.29 is 17.9 Å². The van der Waals surface area contributed by atoms with Gasteiger partial charge in [-0.15, -0.1) is 0 Å². The highest BCUT2D eigenvalue weighted by Crippen LogP contribution is 2.32. The minimum Gasteiger partial charge on any atom is -0.447 e. The molecule has 4 N–H and O–H groups in total. The normalized spacial score (nSPS) is 16.8. The average Bonchev–Trinajstić information content (AvgIpc) is 3.08. The number of carbonyl (C=O) groups excluding carboxylic acids is 1. The number of alkyl carbamates (subject to hydrolysis) is 1. The third-order valence-electron chi connectivity index (χ3n) is 4.85. The summed E-state index contributed by atoms with van der Waals surface area (Å²) in [5, 5.41) is 13.3. The molecule has 1 amide bonds. The lowest BCUT2D eigenvalue weighted by Gasteiger charge is -2.21. The zero-order valence-electron chi connectivity index (χ0n) is 17.7. The number of aromatic amines is 1. The number of carbonyl (C=O) groups is 1. The summed E-state index contributed by atoms with van der Waals surface area (Å²) in [6.07, 6.45) is 0.429. The van der Waals surface area contributed by atoms with Gasteiger partial charge in [-0.1, -0.05) is 13.0 Å². The van der Waals surface area contributed by atoms with E-state index in [1.807, 2.05) is 39.8 Å². The summed E-state index contributed by atoms with van der Waals surface area (Å²) in [5.74, 6) is 0.806. The molecule has 2 heterocycles. The fraction of sp³-hybridized carbons (Fsp3) is 0.500. The Bertz CT molecular complexity index is 1000. The topological polar surface area (TPSA) is 125 Å². The monoisotopic (exact) mass is 435 g/mol. The quantitative estimate of drug-likeness (QED) is 0.528. The van der Waals surface area contributed by atoms with Crippen molar-refractivity contribution in [1.29, 1.82) is 0 Å². The first-order chi connectivity index (χ1) is 14.1. The number of nitrogens with one attached hydrogen (secondary N) is 4. The molecule has 0 bridgehead atoms. The Labute approximate surface area is 177 Å². The highest BCUT2D eigenvalue weighted by Gasteiger charge is 2.23. The number of benzene rings is 1. The maximum absolute atomic E-state index is 11.8. The third-order valence-corrected chi connectivity index (χ3v) is 6.13. The van der Waals surface area contributed by atoms with Crippen LogP contribution in [0.2, 0.25) is 0 Å². The van der Waals surface area contributed by atoms with Gasteiger partial charge in [0.25, 0.3) is 0 Å². The van der Waals surface area contributed by atoms with Crippen LogP contribution < -0.4 is 15.4 Å². The first kappa shape index (κ1) is 21.9. The van der Waals surface area contributed by atoms with Crippen LogP contribution >= 0.6 is 0 Å². The average molecular weight is 436 g/mol. The zero-order valence-corrected chi connectivity index (χ0v) is 18.5. The van der Waals surface area contributed by atoms with Crippen molar-refractivity contribution in [3.05, 3.63) is 35.5 Å². The van der Waals surface area contributed by atoms with E-state index in [1.165, 1.54) is 0 Å². The van der Waals surface area contributed by atoms with Gasteiger partial charge in [0.15, 0.2) is 5.82 Å². The Balaban J connectivity index is 1.62. The molecule has 1 aliphatic heterocycles. The molecule has 0 aliphatic carbocycles. The Hall–Kier alpha value is -2.75. The van der Waals surface area contributed by atoms with Crippen LogP contribution in [0.1, 0.15) is 51.3 Å². The number of aromatic nitrogens is 2. The van der Waals surface area contributed by atoms with E-state index >= 15 is 0 Å². The largest absolute Gasteiger partial charge is 0.447 e. The number of hydrogen-bond acceptors (Lipinski definition) is 6. The zero-order chi connectivity index (χ0) is 21.9. The molecule has 1 aromatic heterocycles. The Morgan fingerprint density at radius 1 is 1.27 bits per heavy atom. The number of rotatable bonds is 7. The van der Waals surface area contributed by atoms with Gasteiger partial charge in [0.1, 0.15) is 6.10 Å². The third kappa shape index (κ3) is 5.65. The molecule has 0 fully saturated rings. The molecule has 164 valence electrons. The molecule has 1 aromatic carbocycles. The maximum atomic E-state index is 11.8. The van der Waals surface area contributed by atoms with E-state index in [2.05, 4.69) is 25.6 Å². The lowest BCUT2D eigenvalue weighted by atomic mass is 10.0. The first-order valence-corrected chi connectivity index (χ1v) is 11.7. The lowest BCUT2D eigenvalue weighted by Crippen LogP contribution is -2.33. The Kier molecular flexibility index (Phi) is 6.55. The van der Waals surface area contributed by atoms with Crippen LogP contribution in [0.15, 0.2) is 24.3 Å². The highest BCUT2D eigenvalue weighted by atomic mass is 32.2. The van der Waals surface area contributed by atoms with Crippen molar-refractivity contribution in [3.8, 4) is 0 Å². The molecule has 2 atom stereocenters. The van der Waals surface area contributed by atoms with Crippen LogP contribution in [0.5, 0.6) is 0 Å². The molecule has 9 nitrogen and oxygen atoms in total. The van der Waals surface area contributed by atoms with Crippen LogP contribution in [-0.2, 0) is 21.2 Å². The fourth-order valence-corrected chi connectivity index (χ4v) is 4.54. The van der Waals surface area contributed by atoms with Crippen molar-refractivity contribution >= 4 is 33.3 Å². The molecule has 0 saturated heterocycles. The van der Waals surface area contributed by atoms with Gasteiger partial charge in [-0.05, 0) is 45.7 Å². The van der Waals surface area contributed by atoms with Gasteiger partial charge in [0.05, 0.1) is 11.4 Å². The fourth-order valence-electron chi connectivity index (χ4n) is 3.44. The van der Waals surface area contributed by atoms with Crippen LogP contribution in [0.25, 0.3) is 0 Å². The second kappa shape index (κ2) is 8.95. The number of H-pyrrole nitrogens is 1. The molecular formula is C20H29N5O4S. The van der Waals surface area contributed by atoms with E-state index in [4.69, 9.17) is 4.74 Å². The van der Waals surface area contributed by atoms with Gasteiger partial charge >= 0.3 is 6.09 Å². The van der Waals surface area contributed by atoms with E-state index in [0.717, 1.165) is 16.9 Å². The number of ether oxygens (including phenoxy) is 1. The molecule has 10 heteroatoms. The van der Waals surface area contributed by atoms with Crippen LogP contribution in [-0.4, -0.2) is 42.6 Å². The Morgan fingerprint density at radius 2 is 2.03 bits per heavy atom.